The SMILES string of the molecule is CCOC1=N[C@@H](C(C)C)C(OCC)=N[C@@H]1SC. The summed E-state index contributed by atoms with van der Waals surface area (Å²) >= 11 is 1.61. The molecule has 0 N–H and O–H groups in total. The first kappa shape index (κ1) is 14.4. The maximum Gasteiger partial charge on any atom is 0.220 e. The lowest BCUT2D eigenvalue weighted by Gasteiger charge is -2.27. The first-order chi connectivity index (χ1) is 8.13. The molecule has 1 aliphatic heterocycles. The average molecular weight is 258 g/mol. The molecule has 0 aromatic rings. The highest BCUT2D eigenvalue weighted by Crippen LogP contribution is 2.22. The zero-order chi connectivity index (χ0) is 12.8. The number of nitrogens with zero attached hydrogens (tertiary/aromatic N) is 2. The molecule has 0 spiro atoms. The molecule has 0 bridgehead atoms. The standard InChI is InChI=1S/C12H22N2O2S/c1-6-15-10-9(8(3)4)13-11(16-7-2)12(14-10)17-5/h8-9,12H,6-7H2,1-5H3/t9-,12+/m0/s1. The summed E-state index contributed by atoms with van der Waals surface area (Å²) in [5.74, 6) is 1.83. The molecule has 0 radical (unpaired) electrons. The number of rotatable bonds is 4. The van der Waals surface area contributed by atoms with Crippen molar-refractivity contribution in [3.63, 3.8) is 0 Å². The predicted octanol–water partition coefficient (Wildman–Crippen LogP) is 2.58. The van der Waals surface area contributed by atoms with E-state index in [1.54, 1.807) is 11.8 Å². The fraction of sp³-hybridized carbons (Fsp3) is 0.833. The molecule has 5 heteroatoms. The highest BCUT2D eigenvalue weighted by Gasteiger charge is 2.30. The molecule has 0 fully saturated rings. The third kappa shape index (κ3) is 3.63. The molecule has 0 aliphatic carbocycles. The Kier molecular flexibility index (Phi) is 5.82. The van der Waals surface area contributed by atoms with Gasteiger partial charge in [-0.05, 0) is 26.0 Å². The van der Waals surface area contributed by atoms with Crippen molar-refractivity contribution in [2.75, 3.05) is 19.5 Å². The van der Waals surface area contributed by atoms with Crippen molar-refractivity contribution < 1.29 is 9.47 Å². The van der Waals surface area contributed by atoms with Gasteiger partial charge in [-0.15, -0.1) is 11.8 Å². The first-order valence-electron chi connectivity index (χ1n) is 6.07. The molecule has 0 saturated heterocycles. The van der Waals surface area contributed by atoms with Crippen LogP contribution in [-0.4, -0.2) is 42.7 Å². The molecule has 1 rings (SSSR count). The van der Waals surface area contributed by atoms with Crippen LogP contribution < -0.4 is 0 Å². The third-order valence-electron chi connectivity index (χ3n) is 2.41. The van der Waals surface area contributed by atoms with E-state index in [1.165, 1.54) is 0 Å². The first-order valence-corrected chi connectivity index (χ1v) is 7.36. The van der Waals surface area contributed by atoms with Gasteiger partial charge in [0.2, 0.25) is 11.8 Å². The van der Waals surface area contributed by atoms with Crippen molar-refractivity contribution in [1.29, 1.82) is 0 Å². The van der Waals surface area contributed by atoms with Crippen molar-refractivity contribution in [2.24, 2.45) is 15.9 Å². The third-order valence-corrected chi connectivity index (χ3v) is 3.17. The van der Waals surface area contributed by atoms with Crippen molar-refractivity contribution in [1.82, 2.24) is 0 Å². The van der Waals surface area contributed by atoms with Gasteiger partial charge in [0.25, 0.3) is 0 Å². The van der Waals surface area contributed by atoms with Crippen LogP contribution in [-0.2, 0) is 9.47 Å². The minimum Gasteiger partial charge on any atom is -0.480 e. The Bertz CT molecular complexity index is 303. The van der Waals surface area contributed by atoms with Gasteiger partial charge >= 0.3 is 0 Å². The summed E-state index contributed by atoms with van der Waals surface area (Å²) in [4.78, 5) is 9.24. The topological polar surface area (TPSA) is 43.2 Å². The van der Waals surface area contributed by atoms with Crippen LogP contribution in [0.25, 0.3) is 0 Å². The molecule has 0 unspecified atom stereocenters. The van der Waals surface area contributed by atoms with E-state index in [0.29, 0.717) is 19.1 Å². The number of hydrogen-bond donors (Lipinski definition) is 0. The Balaban J connectivity index is 2.92. The molecule has 4 nitrogen and oxygen atoms in total. The molecular formula is C12H22N2O2S. The minimum atomic E-state index is -0.0634. The van der Waals surface area contributed by atoms with Crippen molar-refractivity contribution in [3.8, 4) is 0 Å². The smallest absolute Gasteiger partial charge is 0.220 e. The molecule has 98 valence electrons. The Morgan fingerprint density at radius 3 is 2.18 bits per heavy atom. The maximum absolute atomic E-state index is 5.59. The number of hydrogen-bond acceptors (Lipinski definition) is 5. The molecule has 0 aromatic carbocycles. The van der Waals surface area contributed by atoms with Gasteiger partial charge < -0.3 is 9.47 Å². The van der Waals surface area contributed by atoms with Crippen LogP contribution in [0.5, 0.6) is 0 Å². The quantitative estimate of drug-likeness (QED) is 0.778. The molecule has 17 heavy (non-hydrogen) atoms. The summed E-state index contributed by atoms with van der Waals surface area (Å²) in [6.45, 7) is 9.42. The summed E-state index contributed by atoms with van der Waals surface area (Å²) in [6.07, 6.45) is 2.00. The summed E-state index contributed by atoms with van der Waals surface area (Å²) in [5, 5.41) is -0.0634. The molecule has 0 saturated carbocycles. The van der Waals surface area contributed by atoms with Crippen LogP contribution in [0.4, 0.5) is 0 Å². The summed E-state index contributed by atoms with van der Waals surface area (Å²) < 4.78 is 11.1. The van der Waals surface area contributed by atoms with Crippen LogP contribution in [0.1, 0.15) is 27.7 Å². The predicted molar refractivity (Wildman–Crippen MR) is 74.1 cm³/mol. The fourth-order valence-corrected chi connectivity index (χ4v) is 2.16. The molecule has 1 aliphatic rings. The highest BCUT2D eigenvalue weighted by molar-refractivity contribution is 7.99. The number of ether oxygens (including phenoxy) is 2. The van der Waals surface area contributed by atoms with Crippen LogP contribution >= 0.6 is 11.8 Å². The Hall–Kier alpha value is -0.710. The molecular weight excluding hydrogens is 236 g/mol. The van der Waals surface area contributed by atoms with Crippen LogP contribution in [0.3, 0.4) is 0 Å². The monoisotopic (exact) mass is 258 g/mol. The van der Waals surface area contributed by atoms with Gasteiger partial charge in [-0.1, -0.05) is 13.8 Å². The van der Waals surface area contributed by atoms with Crippen molar-refractivity contribution >= 4 is 23.6 Å². The van der Waals surface area contributed by atoms with Gasteiger partial charge in [0, 0.05) is 0 Å². The van der Waals surface area contributed by atoms with Crippen LogP contribution in [0.15, 0.2) is 9.98 Å². The van der Waals surface area contributed by atoms with Gasteiger partial charge in [-0.2, -0.15) is 0 Å². The van der Waals surface area contributed by atoms with Gasteiger partial charge in [-0.3, -0.25) is 0 Å². The van der Waals surface area contributed by atoms with E-state index >= 15 is 0 Å². The van der Waals surface area contributed by atoms with Gasteiger partial charge in [0.15, 0.2) is 5.37 Å². The number of aliphatic imine (C=N–C) groups is 2. The highest BCUT2D eigenvalue weighted by atomic mass is 32.2. The summed E-state index contributed by atoms with van der Waals surface area (Å²) in [7, 11) is 0. The van der Waals surface area contributed by atoms with Crippen LogP contribution in [0, 0.1) is 5.92 Å². The Morgan fingerprint density at radius 2 is 1.71 bits per heavy atom. The molecule has 2 atom stereocenters. The van der Waals surface area contributed by atoms with E-state index in [9.17, 15) is 0 Å². The van der Waals surface area contributed by atoms with Gasteiger partial charge in [0.05, 0.1) is 13.2 Å². The van der Waals surface area contributed by atoms with Gasteiger partial charge in [0.1, 0.15) is 6.04 Å². The minimum absolute atomic E-state index is 0.0140. The van der Waals surface area contributed by atoms with E-state index in [-0.39, 0.29) is 11.4 Å². The van der Waals surface area contributed by atoms with E-state index < -0.39 is 0 Å². The van der Waals surface area contributed by atoms with Crippen molar-refractivity contribution in [3.05, 3.63) is 0 Å². The second kappa shape index (κ2) is 6.89. The van der Waals surface area contributed by atoms with E-state index in [0.717, 1.165) is 11.8 Å². The second-order valence-corrected chi connectivity index (χ2v) is 5.00. The fourth-order valence-electron chi connectivity index (χ4n) is 1.62. The van der Waals surface area contributed by atoms with Crippen molar-refractivity contribution in [2.45, 2.75) is 39.1 Å². The summed E-state index contributed by atoms with van der Waals surface area (Å²) in [5.41, 5.74) is 0. The maximum atomic E-state index is 5.59. The van der Waals surface area contributed by atoms with E-state index in [1.807, 2.05) is 20.1 Å². The van der Waals surface area contributed by atoms with Gasteiger partial charge in [-0.25, -0.2) is 9.98 Å². The Morgan fingerprint density at radius 1 is 1.12 bits per heavy atom. The lowest BCUT2D eigenvalue weighted by Crippen LogP contribution is -2.37. The number of thioether (sulfide) groups is 1. The lowest BCUT2D eigenvalue weighted by atomic mass is 10.0. The normalized spacial score (nSPS) is 24.4. The largest absolute Gasteiger partial charge is 0.480 e. The van der Waals surface area contributed by atoms with E-state index in [4.69, 9.17) is 9.47 Å². The molecule has 0 amide bonds. The summed E-state index contributed by atoms with van der Waals surface area (Å²) in [6, 6.07) is -0.0140. The molecule has 0 aromatic heterocycles. The molecule has 1 heterocycles. The zero-order valence-electron chi connectivity index (χ0n) is 11.3. The zero-order valence-corrected chi connectivity index (χ0v) is 12.1. The second-order valence-electron chi connectivity index (χ2n) is 4.08. The van der Waals surface area contributed by atoms with Crippen LogP contribution in [0.2, 0.25) is 0 Å². The van der Waals surface area contributed by atoms with E-state index in [2.05, 4.69) is 23.8 Å². The Labute approximate surface area is 108 Å². The lowest BCUT2D eigenvalue weighted by molar-refractivity contribution is 0.283. The average Bonchev–Trinajstić information content (AvgIpc) is 2.30.